The molecule has 1 fully saturated rings. The molecule has 1 atom stereocenters. The minimum atomic E-state index is -0.918. The fourth-order valence-corrected chi connectivity index (χ4v) is 2.30. The van der Waals surface area contributed by atoms with Gasteiger partial charge in [-0.1, -0.05) is 5.16 Å². The van der Waals surface area contributed by atoms with E-state index < -0.39 is 12.0 Å². The van der Waals surface area contributed by atoms with Crippen molar-refractivity contribution in [2.45, 2.75) is 45.1 Å². The van der Waals surface area contributed by atoms with Gasteiger partial charge in [-0.05, 0) is 26.2 Å². The van der Waals surface area contributed by atoms with Gasteiger partial charge < -0.3 is 14.5 Å². The number of aromatic nitrogens is 2. The van der Waals surface area contributed by atoms with Crippen molar-refractivity contribution >= 4 is 11.9 Å². The first-order chi connectivity index (χ1) is 9.08. The monoisotopic (exact) mass is 267 g/mol. The lowest BCUT2D eigenvalue weighted by Gasteiger charge is -2.21. The van der Waals surface area contributed by atoms with Crippen LogP contribution in [0.2, 0.25) is 0 Å². The molecule has 0 bridgehead atoms. The molecule has 0 spiro atoms. The number of aliphatic carboxylic acids is 1. The molecule has 0 saturated carbocycles. The van der Waals surface area contributed by atoms with Crippen LogP contribution in [0.5, 0.6) is 0 Å². The van der Waals surface area contributed by atoms with E-state index in [9.17, 15) is 9.59 Å². The lowest BCUT2D eigenvalue weighted by Crippen LogP contribution is -2.40. The van der Waals surface area contributed by atoms with E-state index in [1.165, 1.54) is 4.90 Å². The van der Waals surface area contributed by atoms with Crippen molar-refractivity contribution in [1.82, 2.24) is 15.0 Å². The van der Waals surface area contributed by atoms with Crippen LogP contribution in [0.4, 0.5) is 0 Å². The summed E-state index contributed by atoms with van der Waals surface area (Å²) in [6.07, 6.45) is 2.74. The summed E-state index contributed by atoms with van der Waals surface area (Å²) in [5.41, 5.74) is 0. The highest BCUT2D eigenvalue weighted by Crippen LogP contribution is 2.19. The number of rotatable bonds is 5. The van der Waals surface area contributed by atoms with Crippen LogP contribution >= 0.6 is 0 Å². The van der Waals surface area contributed by atoms with Gasteiger partial charge in [0.15, 0.2) is 5.82 Å². The van der Waals surface area contributed by atoms with Crippen molar-refractivity contribution in [1.29, 1.82) is 0 Å². The molecule has 1 aliphatic heterocycles. The number of nitrogens with zero attached hydrogens (tertiary/aromatic N) is 3. The van der Waals surface area contributed by atoms with Crippen LogP contribution in [0.3, 0.4) is 0 Å². The molecule has 19 heavy (non-hydrogen) atoms. The predicted molar refractivity (Wildman–Crippen MR) is 64.3 cm³/mol. The molecule has 0 unspecified atom stereocenters. The maximum absolute atomic E-state index is 12.0. The standard InChI is InChI=1S/C12H17N3O4/c1-8-13-10(19-14-8)5-2-6-11(16)15-7-3-4-9(15)12(17)18/h9H,2-7H2,1H3,(H,17,18)/t9-/m1/s1. The molecule has 2 heterocycles. The zero-order valence-electron chi connectivity index (χ0n) is 10.8. The van der Waals surface area contributed by atoms with Crippen LogP contribution in [-0.4, -0.2) is 44.6 Å². The lowest BCUT2D eigenvalue weighted by molar-refractivity contribution is -0.148. The summed E-state index contributed by atoms with van der Waals surface area (Å²) in [6.45, 7) is 2.27. The van der Waals surface area contributed by atoms with Crippen molar-refractivity contribution < 1.29 is 19.2 Å². The number of carboxylic acid groups (broad SMARTS) is 1. The van der Waals surface area contributed by atoms with Gasteiger partial charge >= 0.3 is 5.97 Å². The number of aryl methyl sites for hydroxylation is 2. The van der Waals surface area contributed by atoms with Crippen LogP contribution in [0.1, 0.15) is 37.4 Å². The molecule has 0 radical (unpaired) electrons. The zero-order valence-corrected chi connectivity index (χ0v) is 10.8. The minimum absolute atomic E-state index is 0.110. The van der Waals surface area contributed by atoms with Gasteiger partial charge in [-0.3, -0.25) is 4.79 Å². The first-order valence-electron chi connectivity index (χ1n) is 6.39. The van der Waals surface area contributed by atoms with Crippen molar-refractivity contribution in [3.05, 3.63) is 11.7 Å². The second kappa shape index (κ2) is 5.81. The zero-order chi connectivity index (χ0) is 13.8. The summed E-state index contributed by atoms with van der Waals surface area (Å²) >= 11 is 0. The van der Waals surface area contributed by atoms with E-state index in [0.717, 1.165) is 6.42 Å². The van der Waals surface area contributed by atoms with Gasteiger partial charge in [0.2, 0.25) is 11.8 Å². The van der Waals surface area contributed by atoms with Crippen LogP contribution < -0.4 is 0 Å². The van der Waals surface area contributed by atoms with Crippen LogP contribution in [-0.2, 0) is 16.0 Å². The molecule has 1 aliphatic rings. The molecule has 1 aromatic heterocycles. The van der Waals surface area contributed by atoms with Crippen molar-refractivity contribution in [2.24, 2.45) is 0 Å². The Morgan fingerprint density at radius 2 is 2.32 bits per heavy atom. The quantitative estimate of drug-likeness (QED) is 0.846. The van der Waals surface area contributed by atoms with Crippen molar-refractivity contribution in [3.63, 3.8) is 0 Å². The van der Waals surface area contributed by atoms with Gasteiger partial charge in [0, 0.05) is 19.4 Å². The third kappa shape index (κ3) is 3.30. The molecule has 1 saturated heterocycles. The van der Waals surface area contributed by atoms with Crippen LogP contribution in [0.15, 0.2) is 4.52 Å². The summed E-state index contributed by atoms with van der Waals surface area (Å²) in [5.74, 6) is 0.0628. The second-order valence-corrected chi connectivity index (χ2v) is 4.67. The molecule has 7 heteroatoms. The third-order valence-electron chi connectivity index (χ3n) is 3.21. The summed E-state index contributed by atoms with van der Waals surface area (Å²) in [4.78, 5) is 28.5. The summed E-state index contributed by atoms with van der Waals surface area (Å²) in [7, 11) is 0. The number of carbonyl (C=O) groups is 2. The Kier molecular flexibility index (Phi) is 4.13. The number of amides is 1. The van der Waals surface area contributed by atoms with E-state index in [1.54, 1.807) is 6.92 Å². The normalized spacial score (nSPS) is 18.8. The van der Waals surface area contributed by atoms with Gasteiger partial charge in [-0.2, -0.15) is 4.98 Å². The van der Waals surface area contributed by atoms with Gasteiger partial charge in [0.1, 0.15) is 6.04 Å². The molecule has 2 rings (SSSR count). The molecule has 0 aliphatic carbocycles. The van der Waals surface area contributed by atoms with Gasteiger partial charge in [-0.25, -0.2) is 4.79 Å². The Balaban J connectivity index is 1.79. The van der Waals surface area contributed by atoms with Crippen LogP contribution in [0.25, 0.3) is 0 Å². The van der Waals surface area contributed by atoms with E-state index in [2.05, 4.69) is 10.1 Å². The average molecular weight is 267 g/mol. The summed E-state index contributed by atoms with van der Waals surface area (Å²) in [6, 6.07) is -0.654. The van der Waals surface area contributed by atoms with Crippen LogP contribution in [0, 0.1) is 6.92 Å². The molecule has 7 nitrogen and oxygen atoms in total. The molecule has 104 valence electrons. The number of hydrogen-bond acceptors (Lipinski definition) is 5. The molecular weight excluding hydrogens is 250 g/mol. The maximum atomic E-state index is 12.0. The minimum Gasteiger partial charge on any atom is -0.480 e. The Labute approximate surface area is 110 Å². The molecular formula is C12H17N3O4. The first kappa shape index (κ1) is 13.5. The topological polar surface area (TPSA) is 96.5 Å². The third-order valence-corrected chi connectivity index (χ3v) is 3.21. The fraction of sp³-hybridized carbons (Fsp3) is 0.667. The Morgan fingerprint density at radius 3 is 2.95 bits per heavy atom. The number of hydrogen-bond donors (Lipinski definition) is 1. The lowest BCUT2D eigenvalue weighted by atomic mass is 10.2. The molecule has 0 aromatic carbocycles. The summed E-state index contributed by atoms with van der Waals surface area (Å²) < 4.78 is 4.95. The van der Waals surface area contributed by atoms with Crippen molar-refractivity contribution in [3.8, 4) is 0 Å². The molecule has 1 amide bonds. The number of likely N-dealkylation sites (tertiary alicyclic amines) is 1. The second-order valence-electron chi connectivity index (χ2n) is 4.67. The Morgan fingerprint density at radius 1 is 1.53 bits per heavy atom. The Hall–Kier alpha value is -1.92. The largest absolute Gasteiger partial charge is 0.480 e. The predicted octanol–water partition coefficient (Wildman–Crippen LogP) is 0.776. The van der Waals surface area contributed by atoms with Gasteiger partial charge in [-0.15, -0.1) is 0 Å². The summed E-state index contributed by atoms with van der Waals surface area (Å²) in [5, 5.41) is 12.7. The van der Waals surface area contributed by atoms with E-state index in [4.69, 9.17) is 9.63 Å². The fourth-order valence-electron chi connectivity index (χ4n) is 2.30. The highest BCUT2D eigenvalue weighted by molar-refractivity contribution is 5.84. The molecule has 1 N–H and O–H groups in total. The first-order valence-corrected chi connectivity index (χ1v) is 6.39. The van der Waals surface area contributed by atoms with Gasteiger partial charge in [0.05, 0.1) is 0 Å². The van der Waals surface area contributed by atoms with E-state index in [1.807, 2.05) is 0 Å². The smallest absolute Gasteiger partial charge is 0.326 e. The Bertz CT molecular complexity index is 471. The number of carbonyl (C=O) groups excluding carboxylic acids is 1. The average Bonchev–Trinajstić information content (AvgIpc) is 2.97. The maximum Gasteiger partial charge on any atom is 0.326 e. The highest BCUT2D eigenvalue weighted by Gasteiger charge is 2.33. The van der Waals surface area contributed by atoms with E-state index >= 15 is 0 Å². The highest BCUT2D eigenvalue weighted by atomic mass is 16.5. The van der Waals surface area contributed by atoms with E-state index in [-0.39, 0.29) is 5.91 Å². The SMILES string of the molecule is Cc1noc(CCCC(=O)N2CCC[C@@H]2C(=O)O)n1. The van der Waals surface area contributed by atoms with Gasteiger partial charge in [0.25, 0.3) is 0 Å². The van der Waals surface area contributed by atoms with Crippen molar-refractivity contribution in [2.75, 3.05) is 6.54 Å². The van der Waals surface area contributed by atoms with E-state index in [0.29, 0.717) is 43.9 Å². The molecule has 1 aromatic rings. The number of carboxylic acids is 1.